The Bertz CT molecular complexity index is 885. The lowest BCUT2D eigenvalue weighted by Gasteiger charge is -2.26. The summed E-state index contributed by atoms with van der Waals surface area (Å²) in [5, 5.41) is 2.71. The average Bonchev–Trinajstić information content (AvgIpc) is 2.76. The number of sulfonamides is 1. The minimum atomic E-state index is -4.01. The van der Waals surface area contributed by atoms with Gasteiger partial charge in [-0.05, 0) is 24.3 Å². The maximum Gasteiger partial charge on any atom is 0.324 e. The first-order valence-corrected chi connectivity index (χ1v) is 10.6. The van der Waals surface area contributed by atoms with Gasteiger partial charge in [-0.1, -0.05) is 11.8 Å². The molecule has 1 unspecified atom stereocenters. The number of ether oxygens (including phenoxy) is 3. The zero-order valence-corrected chi connectivity index (χ0v) is 17.7. The van der Waals surface area contributed by atoms with Gasteiger partial charge in [0.1, 0.15) is 12.6 Å². The molecule has 164 valence electrons. The largest absolute Gasteiger partial charge is 0.468 e. The van der Waals surface area contributed by atoms with E-state index in [0.717, 1.165) is 7.11 Å². The van der Waals surface area contributed by atoms with Gasteiger partial charge in [-0.15, -0.1) is 0 Å². The van der Waals surface area contributed by atoms with Crippen LogP contribution in [-0.2, 0) is 29.0 Å². The highest BCUT2D eigenvalue weighted by molar-refractivity contribution is 7.89. The molecule has 1 aliphatic rings. The molecule has 0 saturated carbocycles. The average molecular weight is 439 g/mol. The molecule has 2 rings (SSSR count). The van der Waals surface area contributed by atoms with E-state index in [0.29, 0.717) is 32.0 Å². The lowest BCUT2D eigenvalue weighted by atomic mass is 10.2. The molecular weight excluding hydrogens is 414 g/mol. The van der Waals surface area contributed by atoms with Gasteiger partial charge in [-0.3, -0.25) is 4.79 Å². The van der Waals surface area contributed by atoms with Crippen molar-refractivity contribution in [3.05, 3.63) is 24.3 Å². The molecule has 1 atom stereocenters. The second-order valence-electron chi connectivity index (χ2n) is 6.24. The smallest absolute Gasteiger partial charge is 0.324 e. The first-order valence-electron chi connectivity index (χ1n) is 9.16. The lowest BCUT2D eigenvalue weighted by Crippen LogP contribution is -2.43. The van der Waals surface area contributed by atoms with Crippen LogP contribution in [0.4, 0.5) is 10.5 Å². The molecule has 0 aromatic heterocycles. The first kappa shape index (κ1) is 23.6. The molecule has 30 heavy (non-hydrogen) atoms. The molecule has 0 radical (unpaired) electrons. The van der Waals surface area contributed by atoms with Gasteiger partial charge in [0.05, 0.1) is 25.2 Å². The van der Waals surface area contributed by atoms with Crippen molar-refractivity contribution in [2.24, 2.45) is 0 Å². The summed E-state index contributed by atoms with van der Waals surface area (Å²) in [6.07, 6.45) is -0.0665. The summed E-state index contributed by atoms with van der Waals surface area (Å²) in [6, 6.07) is 4.17. The summed E-state index contributed by atoms with van der Waals surface area (Å²) >= 11 is 0. The van der Waals surface area contributed by atoms with E-state index in [1.165, 1.54) is 31.4 Å². The van der Waals surface area contributed by atoms with Gasteiger partial charge in [0, 0.05) is 32.3 Å². The zero-order valence-electron chi connectivity index (χ0n) is 16.8. The maximum atomic E-state index is 12.6. The van der Waals surface area contributed by atoms with Crippen LogP contribution in [0.3, 0.4) is 0 Å². The standard InChI is InChI=1S/C19H25N3O7S/c1-27-12-4-3-5-17(18(23)28-2)21-30(25,26)16-8-6-15(7-9-16)20-19(24)22-10-13-29-14-11-22/h6-9,17,21H,5,10-14H2,1-2H3,(H,20,24). The summed E-state index contributed by atoms with van der Waals surface area (Å²) < 4.78 is 42.2. The van der Waals surface area contributed by atoms with Gasteiger partial charge >= 0.3 is 12.0 Å². The Morgan fingerprint density at radius 1 is 1.17 bits per heavy atom. The molecule has 0 bridgehead atoms. The number of benzene rings is 1. The maximum absolute atomic E-state index is 12.6. The van der Waals surface area contributed by atoms with Crippen molar-refractivity contribution in [2.45, 2.75) is 17.4 Å². The Hall–Kier alpha value is -2.65. The van der Waals surface area contributed by atoms with Crippen LogP contribution < -0.4 is 10.0 Å². The number of carbonyl (C=O) groups is 2. The molecule has 1 aromatic rings. The van der Waals surface area contributed by atoms with Gasteiger partial charge < -0.3 is 24.4 Å². The minimum Gasteiger partial charge on any atom is -0.468 e. The fraction of sp³-hybridized carbons (Fsp3) is 0.474. The molecule has 0 aliphatic carbocycles. The van der Waals surface area contributed by atoms with Crippen LogP contribution in [-0.4, -0.2) is 78.5 Å². The van der Waals surface area contributed by atoms with Crippen molar-refractivity contribution in [3.8, 4) is 11.8 Å². The number of esters is 1. The number of amides is 2. The van der Waals surface area contributed by atoms with Crippen LogP contribution in [0.15, 0.2) is 29.2 Å². The number of anilines is 1. The Kier molecular flexibility index (Phi) is 9.07. The Morgan fingerprint density at radius 2 is 1.83 bits per heavy atom. The number of morpholine rings is 1. The van der Waals surface area contributed by atoms with Gasteiger partial charge in [0.25, 0.3) is 0 Å². The van der Waals surface area contributed by atoms with E-state index in [1.54, 1.807) is 4.90 Å². The molecule has 0 spiro atoms. The first-order chi connectivity index (χ1) is 14.4. The molecule has 10 nitrogen and oxygen atoms in total. The number of nitrogens with one attached hydrogen (secondary N) is 2. The molecule has 1 fully saturated rings. The van der Waals surface area contributed by atoms with Crippen LogP contribution in [0.5, 0.6) is 0 Å². The number of urea groups is 1. The topological polar surface area (TPSA) is 123 Å². The monoisotopic (exact) mass is 439 g/mol. The third-order valence-electron chi connectivity index (χ3n) is 4.14. The fourth-order valence-corrected chi connectivity index (χ4v) is 3.74. The summed E-state index contributed by atoms with van der Waals surface area (Å²) in [6.45, 7) is 2.11. The highest BCUT2D eigenvalue weighted by Crippen LogP contribution is 2.16. The van der Waals surface area contributed by atoms with Crippen LogP contribution >= 0.6 is 0 Å². The van der Waals surface area contributed by atoms with Gasteiger partial charge in [0.2, 0.25) is 10.0 Å². The van der Waals surface area contributed by atoms with Crippen molar-refractivity contribution in [1.82, 2.24) is 9.62 Å². The molecule has 1 aromatic carbocycles. The molecule has 2 N–H and O–H groups in total. The second-order valence-corrected chi connectivity index (χ2v) is 7.96. The SMILES string of the molecule is COCC#CCC(NS(=O)(=O)c1ccc(NC(=O)N2CCOCC2)cc1)C(=O)OC. The fourth-order valence-electron chi connectivity index (χ4n) is 2.55. The van der Waals surface area contributed by atoms with Gasteiger partial charge in [-0.25, -0.2) is 13.2 Å². The summed E-state index contributed by atoms with van der Waals surface area (Å²) in [5.41, 5.74) is 0.445. The van der Waals surface area contributed by atoms with Crippen molar-refractivity contribution < 1.29 is 32.2 Å². The van der Waals surface area contributed by atoms with Crippen LogP contribution in [0, 0.1) is 11.8 Å². The summed E-state index contributed by atoms with van der Waals surface area (Å²) in [5.74, 6) is 4.58. The van der Waals surface area contributed by atoms with Crippen molar-refractivity contribution in [3.63, 3.8) is 0 Å². The number of nitrogens with zero attached hydrogens (tertiary/aromatic N) is 1. The number of hydrogen-bond acceptors (Lipinski definition) is 7. The second kappa shape index (κ2) is 11.5. The van der Waals surface area contributed by atoms with Crippen LogP contribution in [0.25, 0.3) is 0 Å². The van der Waals surface area contributed by atoms with Gasteiger partial charge in [0.15, 0.2) is 0 Å². The highest BCUT2D eigenvalue weighted by Gasteiger charge is 2.26. The number of rotatable bonds is 7. The lowest BCUT2D eigenvalue weighted by molar-refractivity contribution is -0.142. The number of hydrogen-bond donors (Lipinski definition) is 2. The van der Waals surface area contributed by atoms with Crippen LogP contribution in [0.1, 0.15) is 6.42 Å². The molecule has 1 saturated heterocycles. The number of methoxy groups -OCH3 is 2. The van der Waals surface area contributed by atoms with Gasteiger partial charge in [-0.2, -0.15) is 4.72 Å². The van der Waals surface area contributed by atoms with Crippen LogP contribution in [0.2, 0.25) is 0 Å². The predicted molar refractivity (Wildman–Crippen MR) is 108 cm³/mol. The zero-order chi connectivity index (χ0) is 22.0. The molecule has 11 heteroatoms. The van der Waals surface area contributed by atoms with E-state index in [2.05, 4.69) is 26.6 Å². The third kappa shape index (κ3) is 7.00. The third-order valence-corrected chi connectivity index (χ3v) is 5.63. The van der Waals surface area contributed by atoms with E-state index in [-0.39, 0.29) is 24.0 Å². The Balaban J connectivity index is 2.04. The molecule has 1 aliphatic heterocycles. The van der Waals surface area contributed by atoms with Crippen molar-refractivity contribution >= 4 is 27.7 Å². The van der Waals surface area contributed by atoms with Crippen molar-refractivity contribution in [1.29, 1.82) is 0 Å². The summed E-state index contributed by atoms with van der Waals surface area (Å²) in [4.78, 5) is 25.7. The highest BCUT2D eigenvalue weighted by atomic mass is 32.2. The van der Waals surface area contributed by atoms with E-state index in [9.17, 15) is 18.0 Å². The molecular formula is C19H25N3O7S. The molecule has 2 amide bonds. The minimum absolute atomic E-state index is 0.0642. The summed E-state index contributed by atoms with van der Waals surface area (Å²) in [7, 11) is -1.37. The Labute approximate surface area is 175 Å². The van der Waals surface area contributed by atoms with Crippen molar-refractivity contribution in [2.75, 3.05) is 52.4 Å². The number of carbonyl (C=O) groups excluding carboxylic acids is 2. The van der Waals surface area contributed by atoms with E-state index in [4.69, 9.17) is 9.47 Å². The van der Waals surface area contributed by atoms with E-state index in [1.807, 2.05) is 0 Å². The van der Waals surface area contributed by atoms with E-state index < -0.39 is 22.0 Å². The predicted octanol–water partition coefficient (Wildman–Crippen LogP) is 0.411. The quantitative estimate of drug-likeness (QED) is 0.466. The Morgan fingerprint density at radius 3 is 2.43 bits per heavy atom. The molecule has 1 heterocycles. The normalized spacial score (nSPS) is 14.9. The van der Waals surface area contributed by atoms with E-state index >= 15 is 0 Å².